The van der Waals surface area contributed by atoms with Gasteiger partial charge in [-0.2, -0.15) is 5.10 Å². The maximum absolute atomic E-state index is 4.43. The van der Waals surface area contributed by atoms with Gasteiger partial charge in [0.25, 0.3) is 0 Å². The maximum Gasteiger partial charge on any atom is 0.191 e. The summed E-state index contributed by atoms with van der Waals surface area (Å²) in [7, 11) is 1.84. The number of hydrogen-bond donors (Lipinski definition) is 2. The molecule has 0 saturated carbocycles. The van der Waals surface area contributed by atoms with Gasteiger partial charge in [0.1, 0.15) is 0 Å². The highest BCUT2D eigenvalue weighted by molar-refractivity contribution is 14.0. The third kappa shape index (κ3) is 6.80. The Morgan fingerprint density at radius 1 is 1.06 bits per heavy atom. The molecule has 0 amide bonds. The van der Waals surface area contributed by atoms with Gasteiger partial charge in [-0.3, -0.25) is 9.89 Å². The number of halogens is 1. The summed E-state index contributed by atoms with van der Waals surface area (Å²) < 4.78 is 1.88. The van der Waals surface area contributed by atoms with Crippen molar-refractivity contribution in [2.45, 2.75) is 38.9 Å². The van der Waals surface area contributed by atoms with Crippen LogP contribution in [0.15, 0.2) is 72.0 Å². The van der Waals surface area contributed by atoms with Crippen LogP contribution in [-0.2, 0) is 13.1 Å². The maximum atomic E-state index is 4.43. The predicted molar refractivity (Wildman–Crippen MR) is 142 cm³/mol. The third-order valence-corrected chi connectivity index (χ3v) is 5.78. The molecule has 0 radical (unpaired) electrons. The van der Waals surface area contributed by atoms with Crippen LogP contribution in [0, 0.1) is 6.92 Å². The van der Waals surface area contributed by atoms with E-state index in [4.69, 9.17) is 0 Å². The van der Waals surface area contributed by atoms with Crippen LogP contribution in [0.25, 0.3) is 5.69 Å². The van der Waals surface area contributed by atoms with Crippen LogP contribution < -0.4 is 10.6 Å². The second-order valence-corrected chi connectivity index (χ2v) is 8.23. The van der Waals surface area contributed by atoms with Crippen molar-refractivity contribution in [3.8, 4) is 5.69 Å². The number of aryl methyl sites for hydroxylation is 1. The van der Waals surface area contributed by atoms with Gasteiger partial charge in [-0.15, -0.1) is 24.0 Å². The lowest BCUT2D eigenvalue weighted by Crippen LogP contribution is -2.48. The van der Waals surface area contributed by atoms with Gasteiger partial charge >= 0.3 is 0 Å². The number of rotatable bonds is 6. The minimum atomic E-state index is 0. The second kappa shape index (κ2) is 12.0. The average molecular weight is 544 g/mol. The Labute approximate surface area is 208 Å². The molecule has 6 nitrogen and oxygen atoms in total. The molecule has 0 atom stereocenters. The summed E-state index contributed by atoms with van der Waals surface area (Å²) >= 11 is 0. The van der Waals surface area contributed by atoms with Gasteiger partial charge in [0, 0.05) is 51.7 Å². The van der Waals surface area contributed by atoms with Gasteiger partial charge in [0.2, 0.25) is 0 Å². The van der Waals surface area contributed by atoms with E-state index in [1.54, 1.807) is 6.20 Å². The van der Waals surface area contributed by atoms with Gasteiger partial charge in [-0.1, -0.05) is 42.0 Å². The summed E-state index contributed by atoms with van der Waals surface area (Å²) in [5.41, 5.74) is 5.00. The van der Waals surface area contributed by atoms with Crippen molar-refractivity contribution in [3.05, 3.63) is 83.7 Å². The molecule has 170 valence electrons. The number of nitrogens with one attached hydrogen (secondary N) is 2. The summed E-state index contributed by atoms with van der Waals surface area (Å²) in [6.07, 6.45) is 6.00. The number of nitrogens with zero attached hydrogens (tertiary/aromatic N) is 4. The summed E-state index contributed by atoms with van der Waals surface area (Å²) in [5, 5.41) is 11.4. The molecule has 1 aliphatic rings. The normalized spacial score (nSPS) is 15.2. The molecule has 0 unspecified atom stereocenters. The van der Waals surface area contributed by atoms with Crippen molar-refractivity contribution in [1.82, 2.24) is 25.3 Å². The van der Waals surface area contributed by atoms with E-state index < -0.39 is 0 Å². The SMILES string of the molecule is CN=C(NCc1cccc(-n2cccn2)c1)NC1CCN(Cc2cccc(C)c2)CC1.I. The molecule has 4 rings (SSSR count). The van der Waals surface area contributed by atoms with Crippen LogP contribution in [-0.4, -0.2) is 46.8 Å². The van der Waals surface area contributed by atoms with Gasteiger partial charge < -0.3 is 10.6 Å². The highest BCUT2D eigenvalue weighted by Crippen LogP contribution is 2.15. The summed E-state index contributed by atoms with van der Waals surface area (Å²) in [6, 6.07) is 19.6. The van der Waals surface area contributed by atoms with Gasteiger partial charge in [0.05, 0.1) is 5.69 Å². The molecule has 2 N–H and O–H groups in total. The van der Waals surface area contributed by atoms with Crippen LogP contribution in [0.5, 0.6) is 0 Å². The van der Waals surface area contributed by atoms with Crippen molar-refractivity contribution in [2.24, 2.45) is 4.99 Å². The van der Waals surface area contributed by atoms with Crippen molar-refractivity contribution < 1.29 is 0 Å². The lowest BCUT2D eigenvalue weighted by atomic mass is 10.0. The van der Waals surface area contributed by atoms with Gasteiger partial charge in [-0.05, 0) is 49.1 Å². The lowest BCUT2D eigenvalue weighted by molar-refractivity contribution is 0.198. The third-order valence-electron chi connectivity index (χ3n) is 5.78. The Hall–Kier alpha value is -2.39. The Morgan fingerprint density at radius 2 is 1.84 bits per heavy atom. The summed E-state index contributed by atoms with van der Waals surface area (Å²) in [6.45, 7) is 6.13. The standard InChI is InChI=1S/C25H32N6.HI/c1-20-6-3-8-22(16-20)19-30-14-10-23(11-15-30)29-25(26-2)27-18-21-7-4-9-24(17-21)31-13-5-12-28-31;/h3-9,12-13,16-17,23H,10-11,14-15,18-19H2,1-2H3,(H2,26,27,29);1H. The van der Waals surface area contributed by atoms with Crippen molar-refractivity contribution in [1.29, 1.82) is 0 Å². The number of aliphatic imine (C=N–C) groups is 1. The van der Waals surface area contributed by atoms with Gasteiger partial charge in [-0.25, -0.2) is 4.68 Å². The first-order valence-corrected chi connectivity index (χ1v) is 11.0. The van der Waals surface area contributed by atoms with E-state index in [0.717, 1.165) is 50.7 Å². The van der Waals surface area contributed by atoms with Crippen LogP contribution in [0.4, 0.5) is 0 Å². The Balaban J connectivity index is 0.00000289. The molecule has 0 aliphatic carbocycles. The number of likely N-dealkylation sites (tertiary alicyclic amines) is 1. The van der Waals surface area contributed by atoms with Crippen LogP contribution in [0.1, 0.15) is 29.5 Å². The van der Waals surface area contributed by atoms with Crippen molar-refractivity contribution >= 4 is 29.9 Å². The van der Waals surface area contributed by atoms with Crippen molar-refractivity contribution in [3.63, 3.8) is 0 Å². The fraction of sp³-hybridized carbons (Fsp3) is 0.360. The molecule has 1 aromatic heterocycles. The van der Waals surface area contributed by atoms with E-state index in [1.165, 1.54) is 16.7 Å². The Bertz CT molecular complexity index is 993. The smallest absolute Gasteiger partial charge is 0.191 e. The minimum Gasteiger partial charge on any atom is -0.354 e. The molecule has 7 heteroatoms. The fourth-order valence-corrected chi connectivity index (χ4v) is 4.11. The molecular weight excluding hydrogens is 511 g/mol. The van der Waals surface area contributed by atoms with Gasteiger partial charge in [0.15, 0.2) is 5.96 Å². The predicted octanol–water partition coefficient (Wildman–Crippen LogP) is 4.13. The first kappa shape index (κ1) is 24.3. The van der Waals surface area contributed by atoms with E-state index in [9.17, 15) is 0 Å². The molecule has 32 heavy (non-hydrogen) atoms. The first-order chi connectivity index (χ1) is 15.2. The Kier molecular flexibility index (Phi) is 9.11. The fourth-order valence-electron chi connectivity index (χ4n) is 4.11. The average Bonchev–Trinajstić information content (AvgIpc) is 3.33. The van der Waals surface area contributed by atoms with E-state index in [2.05, 4.69) is 81.1 Å². The second-order valence-electron chi connectivity index (χ2n) is 8.23. The van der Waals surface area contributed by atoms with Crippen molar-refractivity contribution in [2.75, 3.05) is 20.1 Å². The quantitative estimate of drug-likeness (QED) is 0.279. The zero-order valence-electron chi connectivity index (χ0n) is 18.9. The largest absolute Gasteiger partial charge is 0.354 e. The molecule has 0 spiro atoms. The summed E-state index contributed by atoms with van der Waals surface area (Å²) in [5.74, 6) is 0.863. The first-order valence-electron chi connectivity index (χ1n) is 11.0. The molecule has 3 aromatic rings. The molecule has 1 aliphatic heterocycles. The highest BCUT2D eigenvalue weighted by atomic mass is 127. The summed E-state index contributed by atoms with van der Waals surface area (Å²) in [4.78, 5) is 6.97. The zero-order valence-corrected chi connectivity index (χ0v) is 21.2. The van der Waals surface area contributed by atoms with E-state index in [0.29, 0.717) is 6.04 Å². The van der Waals surface area contributed by atoms with Crippen LogP contribution in [0.3, 0.4) is 0 Å². The van der Waals surface area contributed by atoms with E-state index in [1.807, 2.05) is 24.0 Å². The molecule has 1 saturated heterocycles. The molecule has 0 bridgehead atoms. The van der Waals surface area contributed by atoms with E-state index >= 15 is 0 Å². The molecule has 2 aromatic carbocycles. The topological polar surface area (TPSA) is 57.5 Å². The van der Waals surface area contributed by atoms with Crippen LogP contribution >= 0.6 is 24.0 Å². The highest BCUT2D eigenvalue weighted by Gasteiger charge is 2.20. The number of guanidine groups is 1. The monoisotopic (exact) mass is 544 g/mol. The Morgan fingerprint density at radius 3 is 2.56 bits per heavy atom. The minimum absolute atomic E-state index is 0. The number of aromatic nitrogens is 2. The number of benzene rings is 2. The molecule has 2 heterocycles. The number of hydrogen-bond acceptors (Lipinski definition) is 3. The zero-order chi connectivity index (χ0) is 21.5. The van der Waals surface area contributed by atoms with Crippen LogP contribution in [0.2, 0.25) is 0 Å². The van der Waals surface area contributed by atoms with E-state index in [-0.39, 0.29) is 24.0 Å². The number of piperidine rings is 1. The lowest BCUT2D eigenvalue weighted by Gasteiger charge is -2.33. The molecular formula is C25H33IN6. The molecule has 1 fully saturated rings.